The van der Waals surface area contributed by atoms with Gasteiger partial charge in [0.2, 0.25) is 0 Å². The maximum Gasteiger partial charge on any atom is 0.264 e. The van der Waals surface area contributed by atoms with Crippen LogP contribution in [0.15, 0.2) is 18.2 Å². The van der Waals surface area contributed by atoms with Gasteiger partial charge in [-0.2, -0.15) is 8.42 Å². The number of nitrogens with one attached hydrogen (secondary N) is 1. The van der Waals surface area contributed by atoms with Crippen molar-refractivity contribution in [3.05, 3.63) is 23.0 Å². The highest BCUT2D eigenvalue weighted by Gasteiger charge is 2.08. The monoisotopic (exact) mass is 526 g/mol. The van der Waals surface area contributed by atoms with E-state index in [1.807, 2.05) is 22.8 Å². The van der Waals surface area contributed by atoms with Gasteiger partial charge in [-0.05, 0) is 37.5 Å². The van der Waals surface area contributed by atoms with Crippen molar-refractivity contribution in [1.29, 1.82) is 5.41 Å². The predicted molar refractivity (Wildman–Crippen MR) is 147 cm³/mol. The number of hydrogen-bond donors (Lipinski definition) is 2. The van der Waals surface area contributed by atoms with Gasteiger partial charge >= 0.3 is 0 Å². The van der Waals surface area contributed by atoms with Crippen molar-refractivity contribution >= 4 is 31.7 Å². The van der Waals surface area contributed by atoms with E-state index >= 15 is 0 Å². The first kappa shape index (κ1) is 29.8. The molecule has 1 aromatic carbocycles. The van der Waals surface area contributed by atoms with Crippen LogP contribution in [0, 0.1) is 5.41 Å². The van der Waals surface area contributed by atoms with Gasteiger partial charge in [-0.25, -0.2) is 0 Å². The normalized spacial score (nSPS) is 11.9. The Morgan fingerprint density at radius 3 is 2.00 bits per heavy atom. The Morgan fingerprint density at radius 1 is 0.857 bits per heavy atom. The second-order valence-corrected chi connectivity index (χ2v) is 12.2. The van der Waals surface area contributed by atoms with Crippen LogP contribution in [0.4, 0.5) is 0 Å². The van der Waals surface area contributed by atoms with Crippen LogP contribution in [0.3, 0.4) is 0 Å². The zero-order valence-corrected chi connectivity index (χ0v) is 23.2. The number of aryl methyl sites for hydroxylation is 1. The Morgan fingerprint density at radius 2 is 1.43 bits per heavy atom. The van der Waals surface area contributed by atoms with Gasteiger partial charge in [0.05, 0.1) is 22.6 Å². The third kappa shape index (κ3) is 12.9. The standard InChI is InChI=1S/C27H46N2O4S2/c1-2-3-4-5-6-7-8-9-10-11-12-13-14-16-21-33-24-18-19-25-26(23-24)34-27(28)29(25)20-15-17-22-35(30,31)32/h18-19,23,28H,2-17,20-22H2,1H3,(H,30,31,32). The summed E-state index contributed by atoms with van der Waals surface area (Å²) in [6.45, 7) is 3.56. The van der Waals surface area contributed by atoms with Crippen LogP contribution in [-0.4, -0.2) is 29.9 Å². The summed E-state index contributed by atoms with van der Waals surface area (Å²) in [6.07, 6.45) is 19.8. The third-order valence-corrected chi connectivity index (χ3v) is 8.24. The molecule has 0 atom stereocenters. The molecule has 0 saturated heterocycles. The summed E-state index contributed by atoms with van der Waals surface area (Å²) >= 11 is 1.40. The van der Waals surface area contributed by atoms with Gasteiger partial charge in [-0.3, -0.25) is 9.96 Å². The summed E-state index contributed by atoms with van der Waals surface area (Å²) in [5, 5.41) is 8.23. The molecule has 1 aromatic heterocycles. The van der Waals surface area contributed by atoms with Crippen LogP contribution in [0.2, 0.25) is 0 Å². The molecule has 0 aliphatic rings. The number of fused-ring (bicyclic) bond motifs is 1. The third-order valence-electron chi connectivity index (χ3n) is 6.47. The molecule has 2 aromatic rings. The van der Waals surface area contributed by atoms with Gasteiger partial charge in [0.1, 0.15) is 5.75 Å². The SMILES string of the molecule is CCCCCCCCCCCCCCCCOc1ccc2c(c1)sc(=N)n2CCCCS(=O)(=O)O. The van der Waals surface area contributed by atoms with E-state index in [9.17, 15) is 8.42 Å². The van der Waals surface area contributed by atoms with E-state index in [0.29, 0.717) is 24.2 Å². The summed E-state index contributed by atoms with van der Waals surface area (Å²) in [7, 11) is -3.92. The minimum absolute atomic E-state index is 0.236. The highest BCUT2D eigenvalue weighted by molar-refractivity contribution is 7.85. The molecule has 35 heavy (non-hydrogen) atoms. The quantitative estimate of drug-likeness (QED) is 0.129. The number of rotatable bonds is 21. The van der Waals surface area contributed by atoms with Gasteiger partial charge in [0.25, 0.3) is 10.1 Å². The Kier molecular flexibility index (Phi) is 14.6. The van der Waals surface area contributed by atoms with E-state index in [4.69, 9.17) is 14.7 Å². The molecule has 2 N–H and O–H groups in total. The highest BCUT2D eigenvalue weighted by atomic mass is 32.2. The maximum atomic E-state index is 10.9. The molecule has 0 bridgehead atoms. The largest absolute Gasteiger partial charge is 0.494 e. The molecule has 0 aliphatic heterocycles. The van der Waals surface area contributed by atoms with E-state index in [1.54, 1.807) is 0 Å². The molecular weight excluding hydrogens is 480 g/mol. The van der Waals surface area contributed by atoms with Gasteiger partial charge < -0.3 is 9.30 Å². The minimum atomic E-state index is -3.92. The van der Waals surface area contributed by atoms with Gasteiger partial charge in [-0.15, -0.1) is 0 Å². The highest BCUT2D eigenvalue weighted by Crippen LogP contribution is 2.24. The number of thiazole rings is 1. The zero-order chi connectivity index (χ0) is 25.4. The van der Waals surface area contributed by atoms with Gasteiger partial charge in [0, 0.05) is 6.54 Å². The lowest BCUT2D eigenvalue weighted by Crippen LogP contribution is -2.14. The number of unbranched alkanes of at least 4 members (excludes halogenated alkanes) is 14. The van der Waals surface area contributed by atoms with E-state index in [1.165, 1.54) is 94.8 Å². The molecular formula is C27H46N2O4S2. The van der Waals surface area contributed by atoms with Crippen LogP contribution in [0.1, 0.15) is 110 Å². The van der Waals surface area contributed by atoms with Crippen molar-refractivity contribution in [3.8, 4) is 5.75 Å². The molecule has 0 radical (unpaired) electrons. The van der Waals surface area contributed by atoms with Gasteiger partial charge in [-0.1, -0.05) is 102 Å². The smallest absolute Gasteiger partial charge is 0.264 e. The lowest BCUT2D eigenvalue weighted by atomic mass is 10.0. The lowest BCUT2D eigenvalue weighted by molar-refractivity contribution is 0.304. The Hall–Kier alpha value is -1.38. The first-order chi connectivity index (χ1) is 16.9. The average Bonchev–Trinajstić information content (AvgIpc) is 3.12. The first-order valence-electron chi connectivity index (χ1n) is 13.7. The van der Waals surface area contributed by atoms with Crippen molar-refractivity contribution in [2.24, 2.45) is 0 Å². The molecule has 8 heteroatoms. The van der Waals surface area contributed by atoms with Crippen LogP contribution in [0.25, 0.3) is 10.2 Å². The molecule has 0 fully saturated rings. The molecule has 0 amide bonds. The number of hydrogen-bond acceptors (Lipinski definition) is 5. The summed E-state index contributed by atoms with van der Waals surface area (Å²) in [5.41, 5.74) is 0.968. The maximum absolute atomic E-state index is 10.9. The Labute approximate surface area is 216 Å². The zero-order valence-electron chi connectivity index (χ0n) is 21.6. The molecule has 0 aliphatic carbocycles. The summed E-state index contributed by atoms with van der Waals surface area (Å²) in [6, 6.07) is 5.93. The second-order valence-electron chi connectivity index (χ2n) is 9.63. The van der Waals surface area contributed by atoms with Crippen molar-refractivity contribution in [3.63, 3.8) is 0 Å². The molecule has 0 spiro atoms. The number of nitrogens with zero attached hydrogens (tertiary/aromatic N) is 1. The molecule has 0 unspecified atom stereocenters. The fourth-order valence-electron chi connectivity index (χ4n) is 4.42. The summed E-state index contributed by atoms with van der Waals surface area (Å²) < 4.78 is 39.4. The van der Waals surface area contributed by atoms with E-state index < -0.39 is 10.1 Å². The Balaban J connectivity index is 1.54. The average molecular weight is 527 g/mol. The molecule has 1 heterocycles. The predicted octanol–water partition coefficient (Wildman–Crippen LogP) is 7.71. The van der Waals surface area contributed by atoms with Crippen LogP contribution < -0.4 is 9.54 Å². The van der Waals surface area contributed by atoms with E-state index in [-0.39, 0.29) is 5.75 Å². The fourth-order valence-corrected chi connectivity index (χ4v) is 5.96. The van der Waals surface area contributed by atoms with Crippen molar-refractivity contribution in [2.75, 3.05) is 12.4 Å². The molecule has 0 saturated carbocycles. The summed E-state index contributed by atoms with van der Waals surface area (Å²) in [5.74, 6) is 0.604. The topological polar surface area (TPSA) is 92.4 Å². The summed E-state index contributed by atoms with van der Waals surface area (Å²) in [4.78, 5) is 0.441. The first-order valence-corrected chi connectivity index (χ1v) is 16.1. The van der Waals surface area contributed by atoms with E-state index in [2.05, 4.69) is 6.92 Å². The number of ether oxygens (including phenoxy) is 1. The number of aromatic nitrogens is 1. The van der Waals surface area contributed by atoms with Crippen molar-refractivity contribution in [2.45, 2.75) is 116 Å². The van der Waals surface area contributed by atoms with Crippen LogP contribution in [-0.2, 0) is 16.7 Å². The van der Waals surface area contributed by atoms with Crippen LogP contribution in [0.5, 0.6) is 5.75 Å². The van der Waals surface area contributed by atoms with Crippen molar-refractivity contribution < 1.29 is 17.7 Å². The van der Waals surface area contributed by atoms with Gasteiger partial charge in [0.15, 0.2) is 4.80 Å². The van der Waals surface area contributed by atoms with Crippen LogP contribution >= 0.6 is 11.3 Å². The molecule has 6 nitrogen and oxygen atoms in total. The number of benzene rings is 1. The fraction of sp³-hybridized carbons (Fsp3) is 0.741. The molecule has 200 valence electrons. The molecule has 2 rings (SSSR count). The second kappa shape index (κ2) is 17.1. The Bertz CT molecular complexity index is 998. The van der Waals surface area contributed by atoms with Crippen molar-refractivity contribution in [1.82, 2.24) is 4.57 Å². The minimum Gasteiger partial charge on any atom is -0.494 e. The van der Waals surface area contributed by atoms with E-state index in [0.717, 1.165) is 29.0 Å². The lowest BCUT2D eigenvalue weighted by Gasteiger charge is -2.08.